The standard InChI is InChI=1S/C26H24N2OS/c29-26(24-11-5-9-20-7-3-4-10-23(20)24)27-16-25(22-13-15-30-18-22)28-14-12-19-6-1-2-8-21(19)17-28/h1-11,13,15,18,25H,12,14,16-17H2,(H,27,29)/t25-/m0/s1. The van der Waals surface area contributed by atoms with Gasteiger partial charge in [-0.2, -0.15) is 11.3 Å². The number of hydrogen-bond donors (Lipinski definition) is 1. The second-order valence-corrected chi connectivity index (χ2v) is 8.58. The number of benzene rings is 3. The number of fused-ring (bicyclic) bond motifs is 2. The maximum Gasteiger partial charge on any atom is 0.251 e. The average Bonchev–Trinajstić information content (AvgIpc) is 3.33. The highest BCUT2D eigenvalue weighted by Crippen LogP contribution is 2.29. The molecule has 1 N–H and O–H groups in total. The largest absolute Gasteiger partial charge is 0.350 e. The van der Waals surface area contributed by atoms with Crippen molar-refractivity contribution < 1.29 is 4.79 Å². The lowest BCUT2D eigenvalue weighted by molar-refractivity contribution is 0.0929. The van der Waals surface area contributed by atoms with Crippen molar-refractivity contribution in [3.63, 3.8) is 0 Å². The van der Waals surface area contributed by atoms with Gasteiger partial charge in [0.25, 0.3) is 5.91 Å². The van der Waals surface area contributed by atoms with E-state index in [-0.39, 0.29) is 11.9 Å². The monoisotopic (exact) mass is 412 g/mol. The fourth-order valence-electron chi connectivity index (χ4n) is 4.41. The van der Waals surface area contributed by atoms with Crippen LogP contribution in [0.2, 0.25) is 0 Å². The Bertz CT molecular complexity index is 1160. The summed E-state index contributed by atoms with van der Waals surface area (Å²) in [6.07, 6.45) is 1.05. The van der Waals surface area contributed by atoms with Crippen LogP contribution in [-0.2, 0) is 13.0 Å². The van der Waals surface area contributed by atoms with Gasteiger partial charge in [0.1, 0.15) is 0 Å². The van der Waals surface area contributed by atoms with Gasteiger partial charge in [-0.3, -0.25) is 9.69 Å². The van der Waals surface area contributed by atoms with Crippen molar-refractivity contribution >= 4 is 28.0 Å². The van der Waals surface area contributed by atoms with Crippen molar-refractivity contribution in [1.82, 2.24) is 10.2 Å². The topological polar surface area (TPSA) is 32.3 Å². The highest BCUT2D eigenvalue weighted by molar-refractivity contribution is 7.08. The second kappa shape index (κ2) is 8.42. The number of carbonyl (C=O) groups is 1. The highest BCUT2D eigenvalue weighted by Gasteiger charge is 2.25. The molecule has 150 valence electrons. The van der Waals surface area contributed by atoms with E-state index in [4.69, 9.17) is 0 Å². The molecule has 3 nitrogen and oxygen atoms in total. The molecule has 0 aliphatic carbocycles. The van der Waals surface area contributed by atoms with E-state index in [1.807, 2.05) is 42.5 Å². The SMILES string of the molecule is O=C(NC[C@@H](c1ccsc1)N1CCc2ccccc2C1)c1cccc2ccccc12. The molecule has 0 unspecified atom stereocenters. The summed E-state index contributed by atoms with van der Waals surface area (Å²) in [6.45, 7) is 2.52. The molecule has 1 aromatic heterocycles. The third-order valence-corrected chi connectivity index (χ3v) is 6.72. The van der Waals surface area contributed by atoms with Crippen molar-refractivity contribution in [1.29, 1.82) is 0 Å². The zero-order valence-electron chi connectivity index (χ0n) is 16.8. The normalized spacial score (nSPS) is 14.9. The molecule has 0 bridgehead atoms. The van der Waals surface area contributed by atoms with Crippen molar-refractivity contribution in [2.24, 2.45) is 0 Å². The van der Waals surface area contributed by atoms with Gasteiger partial charge in [-0.05, 0) is 56.8 Å². The van der Waals surface area contributed by atoms with Gasteiger partial charge in [0.05, 0.1) is 6.04 Å². The first kappa shape index (κ1) is 19.0. The Kier molecular flexibility index (Phi) is 5.35. The summed E-state index contributed by atoms with van der Waals surface area (Å²) in [7, 11) is 0. The van der Waals surface area contributed by atoms with Crippen molar-refractivity contribution in [3.05, 3.63) is 106 Å². The Hall–Kier alpha value is -2.95. The number of nitrogens with one attached hydrogen (secondary N) is 1. The summed E-state index contributed by atoms with van der Waals surface area (Å²) in [5, 5.41) is 9.63. The summed E-state index contributed by atoms with van der Waals surface area (Å²) >= 11 is 1.71. The zero-order valence-corrected chi connectivity index (χ0v) is 17.6. The third-order valence-electron chi connectivity index (χ3n) is 6.02. The Balaban J connectivity index is 1.37. The van der Waals surface area contributed by atoms with E-state index in [2.05, 4.69) is 51.3 Å². The predicted octanol–water partition coefficient (Wildman–Crippen LogP) is 5.43. The van der Waals surface area contributed by atoms with Gasteiger partial charge in [0.2, 0.25) is 0 Å². The van der Waals surface area contributed by atoms with Gasteiger partial charge in [-0.15, -0.1) is 0 Å². The number of rotatable bonds is 5. The van der Waals surface area contributed by atoms with Crippen LogP contribution in [0.1, 0.15) is 33.1 Å². The van der Waals surface area contributed by atoms with Gasteiger partial charge < -0.3 is 5.32 Å². The Labute approximate surface area is 181 Å². The minimum Gasteiger partial charge on any atom is -0.350 e. The molecule has 0 saturated carbocycles. The molecule has 0 spiro atoms. The van der Waals surface area contributed by atoms with Crippen LogP contribution in [0.5, 0.6) is 0 Å². The van der Waals surface area contributed by atoms with Gasteiger partial charge in [-0.25, -0.2) is 0 Å². The molecule has 4 aromatic rings. The lowest BCUT2D eigenvalue weighted by atomic mass is 9.97. The van der Waals surface area contributed by atoms with E-state index < -0.39 is 0 Å². The number of thiophene rings is 1. The number of nitrogens with zero attached hydrogens (tertiary/aromatic N) is 1. The van der Waals surface area contributed by atoms with E-state index in [1.165, 1.54) is 16.7 Å². The number of amides is 1. The Morgan fingerprint density at radius 3 is 2.63 bits per heavy atom. The maximum absolute atomic E-state index is 13.1. The molecule has 3 aromatic carbocycles. The number of carbonyl (C=O) groups excluding carboxylic acids is 1. The minimum absolute atomic E-state index is 0.00978. The van der Waals surface area contributed by atoms with E-state index in [9.17, 15) is 4.79 Å². The molecule has 0 fully saturated rings. The molecule has 5 rings (SSSR count). The summed E-state index contributed by atoms with van der Waals surface area (Å²) in [5.74, 6) is -0.00978. The number of hydrogen-bond acceptors (Lipinski definition) is 3. The average molecular weight is 413 g/mol. The van der Waals surface area contributed by atoms with E-state index >= 15 is 0 Å². The Morgan fingerprint density at radius 2 is 1.77 bits per heavy atom. The lowest BCUT2D eigenvalue weighted by Crippen LogP contribution is -2.40. The predicted molar refractivity (Wildman–Crippen MR) is 124 cm³/mol. The van der Waals surface area contributed by atoms with Crippen LogP contribution in [0.4, 0.5) is 0 Å². The molecular formula is C26H24N2OS. The van der Waals surface area contributed by atoms with Crippen LogP contribution in [0.25, 0.3) is 10.8 Å². The summed E-state index contributed by atoms with van der Waals surface area (Å²) < 4.78 is 0. The molecule has 1 aliphatic rings. The van der Waals surface area contributed by atoms with Gasteiger partial charge in [0.15, 0.2) is 0 Å². The second-order valence-electron chi connectivity index (χ2n) is 7.80. The molecule has 1 amide bonds. The van der Waals surface area contributed by atoms with Crippen LogP contribution in [0.15, 0.2) is 83.6 Å². The van der Waals surface area contributed by atoms with Crippen LogP contribution < -0.4 is 5.32 Å². The molecule has 0 saturated heterocycles. The smallest absolute Gasteiger partial charge is 0.251 e. The first-order valence-corrected chi connectivity index (χ1v) is 11.3. The highest BCUT2D eigenvalue weighted by atomic mass is 32.1. The molecule has 4 heteroatoms. The van der Waals surface area contributed by atoms with Gasteiger partial charge in [0, 0.05) is 25.2 Å². The summed E-state index contributed by atoms with van der Waals surface area (Å²) in [6, 6.07) is 25.0. The quantitative estimate of drug-likeness (QED) is 0.474. The Morgan fingerprint density at radius 1 is 0.967 bits per heavy atom. The third kappa shape index (κ3) is 3.76. The van der Waals surface area contributed by atoms with Gasteiger partial charge in [-0.1, -0.05) is 60.7 Å². The van der Waals surface area contributed by atoms with Crippen LogP contribution in [-0.4, -0.2) is 23.9 Å². The molecule has 0 radical (unpaired) electrons. The molecule has 1 aliphatic heterocycles. The molecular weight excluding hydrogens is 388 g/mol. The van der Waals surface area contributed by atoms with E-state index in [1.54, 1.807) is 11.3 Å². The van der Waals surface area contributed by atoms with Crippen LogP contribution in [0.3, 0.4) is 0 Å². The van der Waals surface area contributed by atoms with Crippen molar-refractivity contribution in [3.8, 4) is 0 Å². The summed E-state index contributed by atoms with van der Waals surface area (Å²) in [4.78, 5) is 15.6. The van der Waals surface area contributed by atoms with Crippen LogP contribution in [0, 0.1) is 0 Å². The van der Waals surface area contributed by atoms with Crippen molar-refractivity contribution in [2.45, 2.75) is 19.0 Å². The van der Waals surface area contributed by atoms with E-state index in [0.717, 1.165) is 35.8 Å². The fraction of sp³-hybridized carbons (Fsp3) is 0.192. The van der Waals surface area contributed by atoms with Crippen LogP contribution >= 0.6 is 11.3 Å². The molecule has 30 heavy (non-hydrogen) atoms. The zero-order chi connectivity index (χ0) is 20.3. The van der Waals surface area contributed by atoms with E-state index in [0.29, 0.717) is 6.54 Å². The van der Waals surface area contributed by atoms with Crippen molar-refractivity contribution in [2.75, 3.05) is 13.1 Å². The fourth-order valence-corrected chi connectivity index (χ4v) is 5.12. The first-order valence-electron chi connectivity index (χ1n) is 10.4. The molecule has 1 atom stereocenters. The van der Waals surface area contributed by atoms with Gasteiger partial charge >= 0.3 is 0 Å². The minimum atomic E-state index is -0.00978. The maximum atomic E-state index is 13.1. The summed E-state index contributed by atoms with van der Waals surface area (Å²) in [5.41, 5.74) is 4.85. The molecule has 2 heterocycles. The first-order chi connectivity index (χ1) is 14.8. The lowest BCUT2D eigenvalue weighted by Gasteiger charge is -2.35.